The highest BCUT2D eigenvalue weighted by molar-refractivity contribution is 7.86. The van der Waals surface area contributed by atoms with Gasteiger partial charge in [-0.3, -0.25) is 0 Å². The molecule has 0 N–H and O–H groups in total. The summed E-state index contributed by atoms with van der Waals surface area (Å²) in [7, 11) is -4.34. The molecule has 17 heavy (non-hydrogen) atoms. The van der Waals surface area contributed by atoms with Gasteiger partial charge >= 0.3 is 10.2 Å². The molecule has 0 spiro atoms. The van der Waals surface area contributed by atoms with E-state index in [0.29, 0.717) is 13.0 Å². The number of rotatable bonds is 6. The number of benzene rings is 1. The quantitative estimate of drug-likeness (QED) is 0.583. The Balaban J connectivity index is 2.34. The van der Waals surface area contributed by atoms with E-state index in [1.165, 1.54) is 0 Å². The fourth-order valence-electron chi connectivity index (χ4n) is 1.42. The number of ether oxygens (including phenoxy) is 1. The molecule has 0 aromatic heterocycles. The third-order valence-corrected chi connectivity index (χ3v) is 3.16. The molecule has 0 heterocycles. The van der Waals surface area contributed by atoms with Crippen molar-refractivity contribution in [3.63, 3.8) is 0 Å². The topological polar surface area (TPSA) is 43.4 Å². The van der Waals surface area contributed by atoms with Gasteiger partial charge in [-0.05, 0) is 43.9 Å². The summed E-state index contributed by atoms with van der Waals surface area (Å²) in [4.78, 5) is 0. The number of halogens is 1. The van der Waals surface area contributed by atoms with Gasteiger partial charge in [0, 0.05) is 0 Å². The highest BCUT2D eigenvalue weighted by atomic mass is 32.3. The largest absolute Gasteiger partial charge is 0.493 e. The molecule has 0 aliphatic heterocycles. The van der Waals surface area contributed by atoms with Crippen molar-refractivity contribution in [1.29, 1.82) is 0 Å². The first-order valence-electron chi connectivity index (χ1n) is 5.51. The van der Waals surface area contributed by atoms with Gasteiger partial charge in [-0.25, -0.2) is 0 Å². The van der Waals surface area contributed by atoms with E-state index < -0.39 is 16.0 Å². The molecular formula is C12H17FO3S. The Morgan fingerprint density at radius 1 is 1.24 bits per heavy atom. The summed E-state index contributed by atoms with van der Waals surface area (Å²) in [5.74, 6) is 0.372. The molecule has 0 fully saturated rings. The van der Waals surface area contributed by atoms with Crippen molar-refractivity contribution in [3.05, 3.63) is 29.3 Å². The Morgan fingerprint density at radius 2 is 1.94 bits per heavy atom. The number of hydrogen-bond acceptors (Lipinski definition) is 3. The molecule has 96 valence electrons. The van der Waals surface area contributed by atoms with Crippen molar-refractivity contribution in [1.82, 2.24) is 0 Å². The zero-order valence-electron chi connectivity index (χ0n) is 10.1. The van der Waals surface area contributed by atoms with E-state index in [1.54, 1.807) is 0 Å². The molecule has 1 aromatic carbocycles. The van der Waals surface area contributed by atoms with Gasteiger partial charge in [0.1, 0.15) is 5.75 Å². The van der Waals surface area contributed by atoms with Crippen molar-refractivity contribution >= 4 is 10.2 Å². The lowest BCUT2D eigenvalue weighted by molar-refractivity contribution is 0.307. The van der Waals surface area contributed by atoms with Crippen LogP contribution in [0.1, 0.15) is 24.0 Å². The molecule has 0 unspecified atom stereocenters. The van der Waals surface area contributed by atoms with Crippen LogP contribution in [0.4, 0.5) is 3.89 Å². The highest BCUT2D eigenvalue weighted by Crippen LogP contribution is 2.19. The summed E-state index contributed by atoms with van der Waals surface area (Å²) < 4.78 is 38.2. The van der Waals surface area contributed by atoms with Gasteiger partial charge in [0.25, 0.3) is 0 Å². The first-order chi connectivity index (χ1) is 7.88. The average molecular weight is 260 g/mol. The number of unbranched alkanes of at least 4 members (excludes halogenated alkanes) is 1. The van der Waals surface area contributed by atoms with Gasteiger partial charge in [-0.1, -0.05) is 12.1 Å². The smallest absolute Gasteiger partial charge is 0.302 e. The van der Waals surface area contributed by atoms with E-state index in [2.05, 4.69) is 0 Å². The molecule has 1 aromatic rings. The molecule has 0 saturated heterocycles. The Morgan fingerprint density at radius 3 is 2.59 bits per heavy atom. The lowest BCUT2D eigenvalue weighted by Gasteiger charge is -2.09. The third-order valence-electron chi connectivity index (χ3n) is 2.38. The zero-order valence-corrected chi connectivity index (χ0v) is 10.9. The molecule has 1 rings (SSSR count). The van der Waals surface area contributed by atoms with Crippen LogP contribution in [0.15, 0.2) is 18.2 Å². The molecule has 3 nitrogen and oxygen atoms in total. The first kappa shape index (κ1) is 14.0. The third kappa shape index (κ3) is 5.68. The minimum absolute atomic E-state index is 0.281. The van der Waals surface area contributed by atoms with Crippen molar-refractivity contribution < 1.29 is 17.0 Å². The number of hydrogen-bond donors (Lipinski definition) is 0. The molecule has 0 saturated carbocycles. The van der Waals surface area contributed by atoms with Crippen LogP contribution in [-0.2, 0) is 10.2 Å². The fraction of sp³-hybridized carbons (Fsp3) is 0.500. The Hall–Kier alpha value is -1.10. The van der Waals surface area contributed by atoms with Gasteiger partial charge < -0.3 is 4.74 Å². The van der Waals surface area contributed by atoms with Crippen LogP contribution in [0.25, 0.3) is 0 Å². The van der Waals surface area contributed by atoms with Crippen LogP contribution in [0.5, 0.6) is 5.75 Å². The average Bonchev–Trinajstić information content (AvgIpc) is 2.21. The van der Waals surface area contributed by atoms with Crippen LogP contribution in [0.2, 0.25) is 0 Å². The molecule has 0 amide bonds. The summed E-state index contributed by atoms with van der Waals surface area (Å²) in [6.07, 6.45) is 0.806. The van der Waals surface area contributed by atoms with Crippen LogP contribution < -0.4 is 4.74 Å². The second-order valence-electron chi connectivity index (χ2n) is 4.07. The van der Waals surface area contributed by atoms with Crippen molar-refractivity contribution in [2.75, 3.05) is 12.4 Å². The second kappa shape index (κ2) is 6.00. The van der Waals surface area contributed by atoms with Crippen LogP contribution >= 0.6 is 0 Å². The van der Waals surface area contributed by atoms with E-state index in [0.717, 1.165) is 16.9 Å². The molecule has 0 radical (unpaired) electrons. The van der Waals surface area contributed by atoms with Crippen LogP contribution in [-0.4, -0.2) is 20.8 Å². The van der Waals surface area contributed by atoms with Gasteiger partial charge in [0.05, 0.1) is 12.4 Å². The molecule has 0 bridgehead atoms. The molecule has 0 aliphatic carbocycles. The summed E-state index contributed by atoms with van der Waals surface area (Å²) in [5.41, 5.74) is 2.14. The van der Waals surface area contributed by atoms with E-state index in [4.69, 9.17) is 4.74 Å². The lowest BCUT2D eigenvalue weighted by Crippen LogP contribution is -2.03. The summed E-state index contributed by atoms with van der Waals surface area (Å²) in [6, 6.07) is 5.90. The predicted molar refractivity (Wildman–Crippen MR) is 65.5 cm³/mol. The maximum Gasteiger partial charge on any atom is 0.302 e. The maximum atomic E-state index is 12.2. The minimum Gasteiger partial charge on any atom is -0.493 e. The Bertz CT molecular complexity index is 469. The van der Waals surface area contributed by atoms with Gasteiger partial charge in [-0.15, -0.1) is 3.89 Å². The van der Waals surface area contributed by atoms with E-state index in [9.17, 15) is 12.3 Å². The van der Waals surface area contributed by atoms with Crippen molar-refractivity contribution in [2.24, 2.45) is 0 Å². The standard InChI is InChI=1S/C12H17FO3S/c1-10-5-6-11(2)12(9-10)16-7-3-4-8-17(13,14)15/h5-6,9H,3-4,7-8H2,1-2H3. The summed E-state index contributed by atoms with van der Waals surface area (Å²) in [5, 5.41) is 0. The monoisotopic (exact) mass is 260 g/mol. The van der Waals surface area contributed by atoms with Gasteiger partial charge in [0.2, 0.25) is 0 Å². The molecule has 0 aliphatic rings. The lowest BCUT2D eigenvalue weighted by atomic mass is 10.1. The Labute approximate surface area is 102 Å². The zero-order chi connectivity index (χ0) is 12.9. The van der Waals surface area contributed by atoms with E-state index in [-0.39, 0.29) is 6.42 Å². The first-order valence-corrected chi connectivity index (χ1v) is 7.06. The van der Waals surface area contributed by atoms with Crippen molar-refractivity contribution in [3.8, 4) is 5.75 Å². The summed E-state index contributed by atoms with van der Waals surface area (Å²) in [6.45, 7) is 4.32. The minimum atomic E-state index is -4.34. The summed E-state index contributed by atoms with van der Waals surface area (Å²) >= 11 is 0. The van der Waals surface area contributed by atoms with Crippen LogP contribution in [0, 0.1) is 13.8 Å². The molecule has 5 heteroatoms. The highest BCUT2D eigenvalue weighted by Gasteiger charge is 2.06. The Kier molecular flexibility index (Phi) is 4.93. The molecule has 0 atom stereocenters. The SMILES string of the molecule is Cc1ccc(C)c(OCCCCS(=O)(=O)F)c1. The normalized spacial score (nSPS) is 11.5. The molecular weight excluding hydrogens is 243 g/mol. The predicted octanol–water partition coefficient (Wildman–Crippen LogP) is 2.76. The van der Waals surface area contributed by atoms with E-state index in [1.807, 2.05) is 32.0 Å². The van der Waals surface area contributed by atoms with Gasteiger partial charge in [-0.2, -0.15) is 8.42 Å². The van der Waals surface area contributed by atoms with Crippen LogP contribution in [0.3, 0.4) is 0 Å². The second-order valence-corrected chi connectivity index (χ2v) is 5.55. The van der Waals surface area contributed by atoms with E-state index >= 15 is 0 Å². The van der Waals surface area contributed by atoms with Crippen molar-refractivity contribution in [2.45, 2.75) is 26.7 Å². The maximum absolute atomic E-state index is 12.2. The van der Waals surface area contributed by atoms with Gasteiger partial charge in [0.15, 0.2) is 0 Å². The fourth-order valence-corrected chi connectivity index (χ4v) is 1.97. The number of aryl methyl sites for hydroxylation is 2.